The van der Waals surface area contributed by atoms with Crippen LogP contribution in [0.5, 0.6) is 0 Å². The number of hydrogen-bond acceptors (Lipinski definition) is 3. The minimum atomic E-state index is 0.468. The number of nitrogens with one attached hydrogen (secondary N) is 1. The van der Waals surface area contributed by atoms with Crippen molar-refractivity contribution < 1.29 is 4.74 Å². The summed E-state index contributed by atoms with van der Waals surface area (Å²) < 4.78 is 5.01. The Hall–Kier alpha value is -0.610. The van der Waals surface area contributed by atoms with E-state index in [0.29, 0.717) is 12.6 Å². The van der Waals surface area contributed by atoms with Gasteiger partial charge in [0.05, 0.1) is 12.6 Å². The lowest BCUT2D eigenvalue weighted by Gasteiger charge is -2.12. The second kappa shape index (κ2) is 7.65. The fourth-order valence-electron chi connectivity index (χ4n) is 1.98. The number of amidine groups is 1. The third-order valence-corrected chi connectivity index (χ3v) is 2.87. The molecule has 4 nitrogen and oxygen atoms in total. The van der Waals surface area contributed by atoms with E-state index < -0.39 is 0 Å². The van der Waals surface area contributed by atoms with Gasteiger partial charge in [-0.05, 0) is 12.8 Å². The molecule has 0 spiro atoms. The second-order valence-corrected chi connectivity index (χ2v) is 4.11. The molecule has 0 heterocycles. The molecule has 0 unspecified atom stereocenters. The van der Waals surface area contributed by atoms with Crippen LogP contribution in [0.1, 0.15) is 44.9 Å². The number of ether oxygens (including phenoxy) is 1. The Bertz CT molecular complexity index is 186. The van der Waals surface area contributed by atoms with E-state index in [1.165, 1.54) is 38.5 Å². The summed E-state index contributed by atoms with van der Waals surface area (Å²) in [6.07, 6.45) is 8.51. The Morgan fingerprint density at radius 2 is 2.00 bits per heavy atom. The summed E-state index contributed by atoms with van der Waals surface area (Å²) in [6.45, 7) is 0.676. The molecule has 0 atom stereocenters. The van der Waals surface area contributed by atoms with Crippen LogP contribution in [-0.4, -0.2) is 25.6 Å². The number of nitrogens with two attached hydrogens (primary N) is 1. The maximum absolute atomic E-state index is 5.43. The molecule has 3 N–H and O–H groups in total. The maximum atomic E-state index is 5.43. The molecule has 15 heavy (non-hydrogen) atoms. The van der Waals surface area contributed by atoms with E-state index in [-0.39, 0.29) is 0 Å². The van der Waals surface area contributed by atoms with Crippen molar-refractivity contribution >= 4 is 5.84 Å². The zero-order valence-electron chi connectivity index (χ0n) is 9.67. The summed E-state index contributed by atoms with van der Waals surface area (Å²) in [7, 11) is 1.69. The van der Waals surface area contributed by atoms with Gasteiger partial charge in [-0.3, -0.25) is 4.99 Å². The summed E-state index contributed by atoms with van der Waals surface area (Å²) in [5.41, 5.74) is 2.67. The monoisotopic (exact) mass is 213 g/mol. The summed E-state index contributed by atoms with van der Waals surface area (Å²) in [5, 5.41) is 0. The van der Waals surface area contributed by atoms with Crippen molar-refractivity contribution in [1.82, 2.24) is 5.43 Å². The molecule has 1 aliphatic carbocycles. The van der Waals surface area contributed by atoms with Crippen molar-refractivity contribution in [3.63, 3.8) is 0 Å². The molecule has 88 valence electrons. The number of hydrogen-bond donors (Lipinski definition) is 2. The number of aliphatic imine (C=N–C) groups is 1. The van der Waals surface area contributed by atoms with Crippen LogP contribution in [0.4, 0.5) is 0 Å². The van der Waals surface area contributed by atoms with Gasteiger partial charge in [0.15, 0.2) is 0 Å². The molecule has 0 aliphatic heterocycles. The molecule has 0 aromatic carbocycles. The van der Waals surface area contributed by atoms with Crippen LogP contribution in [0.3, 0.4) is 0 Å². The molecule has 0 amide bonds. The van der Waals surface area contributed by atoms with Gasteiger partial charge in [0.1, 0.15) is 5.84 Å². The van der Waals surface area contributed by atoms with E-state index in [4.69, 9.17) is 10.6 Å². The SMILES string of the molecule is COCCC(=NC1CCCCCC1)NN. The highest BCUT2D eigenvalue weighted by atomic mass is 16.5. The first-order chi connectivity index (χ1) is 7.36. The van der Waals surface area contributed by atoms with Gasteiger partial charge in [0.25, 0.3) is 0 Å². The van der Waals surface area contributed by atoms with E-state index >= 15 is 0 Å². The van der Waals surface area contributed by atoms with Crippen LogP contribution in [0.25, 0.3) is 0 Å². The Balaban J connectivity index is 2.40. The van der Waals surface area contributed by atoms with Crippen molar-refractivity contribution in [3.8, 4) is 0 Å². The molecule has 1 rings (SSSR count). The molecular weight excluding hydrogens is 190 g/mol. The van der Waals surface area contributed by atoms with E-state index in [0.717, 1.165) is 12.3 Å². The number of methoxy groups -OCH3 is 1. The molecule has 0 aromatic rings. The fraction of sp³-hybridized carbons (Fsp3) is 0.909. The Morgan fingerprint density at radius 3 is 2.53 bits per heavy atom. The topological polar surface area (TPSA) is 59.6 Å². The van der Waals surface area contributed by atoms with Crippen LogP contribution in [-0.2, 0) is 4.74 Å². The first-order valence-corrected chi connectivity index (χ1v) is 5.89. The molecule has 4 heteroatoms. The lowest BCUT2D eigenvalue weighted by Crippen LogP contribution is -2.32. The van der Waals surface area contributed by atoms with Crippen LogP contribution in [0.2, 0.25) is 0 Å². The highest BCUT2D eigenvalue weighted by Gasteiger charge is 2.11. The first-order valence-electron chi connectivity index (χ1n) is 5.89. The molecular formula is C11H23N3O. The number of nitrogens with zero attached hydrogens (tertiary/aromatic N) is 1. The van der Waals surface area contributed by atoms with Crippen LogP contribution < -0.4 is 11.3 Å². The van der Waals surface area contributed by atoms with Crippen molar-refractivity contribution in [2.75, 3.05) is 13.7 Å². The second-order valence-electron chi connectivity index (χ2n) is 4.11. The Labute approximate surface area is 92.3 Å². The smallest absolute Gasteiger partial charge is 0.113 e. The largest absolute Gasteiger partial charge is 0.384 e. The molecule has 1 aliphatic rings. The van der Waals surface area contributed by atoms with E-state index in [1.807, 2.05) is 0 Å². The summed E-state index contributed by atoms with van der Waals surface area (Å²) >= 11 is 0. The zero-order chi connectivity index (χ0) is 10.9. The Morgan fingerprint density at radius 1 is 1.33 bits per heavy atom. The minimum absolute atomic E-state index is 0.468. The Kier molecular flexibility index (Phi) is 6.36. The predicted molar refractivity (Wildman–Crippen MR) is 62.7 cm³/mol. The molecule has 0 saturated heterocycles. The van der Waals surface area contributed by atoms with Crippen molar-refractivity contribution in [2.24, 2.45) is 10.8 Å². The average molecular weight is 213 g/mol. The van der Waals surface area contributed by atoms with Crippen molar-refractivity contribution in [1.29, 1.82) is 0 Å². The predicted octanol–water partition coefficient (Wildman–Crippen LogP) is 1.61. The summed E-state index contributed by atoms with van der Waals surface area (Å²) in [4.78, 5) is 4.65. The lowest BCUT2D eigenvalue weighted by atomic mass is 10.1. The number of hydrazine groups is 1. The first kappa shape index (κ1) is 12.5. The average Bonchev–Trinajstić information content (AvgIpc) is 2.52. The van der Waals surface area contributed by atoms with E-state index in [1.54, 1.807) is 7.11 Å². The van der Waals surface area contributed by atoms with Crippen LogP contribution in [0, 0.1) is 0 Å². The van der Waals surface area contributed by atoms with Crippen LogP contribution in [0.15, 0.2) is 4.99 Å². The zero-order valence-corrected chi connectivity index (χ0v) is 9.67. The van der Waals surface area contributed by atoms with Gasteiger partial charge in [-0.2, -0.15) is 0 Å². The summed E-state index contributed by atoms with van der Waals surface area (Å²) in [5.74, 6) is 6.31. The van der Waals surface area contributed by atoms with Gasteiger partial charge in [0.2, 0.25) is 0 Å². The van der Waals surface area contributed by atoms with Gasteiger partial charge >= 0.3 is 0 Å². The third kappa shape index (κ3) is 5.14. The quantitative estimate of drug-likeness (QED) is 0.245. The fourth-order valence-corrected chi connectivity index (χ4v) is 1.98. The van der Waals surface area contributed by atoms with Gasteiger partial charge in [-0.1, -0.05) is 25.7 Å². The third-order valence-electron chi connectivity index (χ3n) is 2.87. The van der Waals surface area contributed by atoms with Gasteiger partial charge in [-0.25, -0.2) is 5.84 Å². The lowest BCUT2D eigenvalue weighted by molar-refractivity contribution is 0.206. The van der Waals surface area contributed by atoms with E-state index in [9.17, 15) is 0 Å². The molecule has 0 radical (unpaired) electrons. The molecule has 0 bridgehead atoms. The minimum Gasteiger partial charge on any atom is -0.384 e. The maximum Gasteiger partial charge on any atom is 0.113 e. The normalized spacial score (nSPS) is 20.0. The standard InChI is InChI=1S/C11H23N3O/c1-15-9-8-11(14-12)13-10-6-4-2-3-5-7-10/h10H,2-9,12H2,1H3,(H,13,14). The number of rotatable bonds is 4. The highest BCUT2D eigenvalue weighted by Crippen LogP contribution is 2.19. The van der Waals surface area contributed by atoms with Crippen molar-refractivity contribution in [3.05, 3.63) is 0 Å². The molecule has 1 fully saturated rings. The van der Waals surface area contributed by atoms with Crippen molar-refractivity contribution in [2.45, 2.75) is 51.0 Å². The summed E-state index contributed by atoms with van der Waals surface area (Å²) in [6, 6.07) is 0.468. The van der Waals surface area contributed by atoms with E-state index in [2.05, 4.69) is 10.4 Å². The van der Waals surface area contributed by atoms with Gasteiger partial charge in [-0.15, -0.1) is 0 Å². The van der Waals surface area contributed by atoms with Crippen LogP contribution >= 0.6 is 0 Å². The highest BCUT2D eigenvalue weighted by molar-refractivity contribution is 5.81. The van der Waals surface area contributed by atoms with Gasteiger partial charge in [0, 0.05) is 13.5 Å². The molecule has 1 saturated carbocycles. The molecule has 0 aromatic heterocycles. The van der Waals surface area contributed by atoms with Gasteiger partial charge < -0.3 is 10.2 Å².